The van der Waals surface area contributed by atoms with E-state index in [1.54, 1.807) is 31.6 Å². The van der Waals surface area contributed by atoms with E-state index in [4.69, 9.17) is 0 Å². The number of aromatic nitrogens is 4. The molecule has 0 aliphatic carbocycles. The predicted octanol–water partition coefficient (Wildman–Crippen LogP) is 4.30. The Labute approximate surface area is 145 Å². The van der Waals surface area contributed by atoms with E-state index in [1.807, 2.05) is 29.1 Å². The van der Waals surface area contributed by atoms with E-state index in [0.717, 1.165) is 27.7 Å². The van der Waals surface area contributed by atoms with Crippen molar-refractivity contribution in [3.63, 3.8) is 0 Å². The molecule has 3 heterocycles. The number of hydrogen-bond acceptors (Lipinski definition) is 3. The Kier molecular flexibility index (Phi) is 3.76. The van der Waals surface area contributed by atoms with Gasteiger partial charge in [0.1, 0.15) is 11.3 Å². The fourth-order valence-corrected chi connectivity index (χ4v) is 2.89. The summed E-state index contributed by atoms with van der Waals surface area (Å²) in [5, 5.41) is 4.46. The van der Waals surface area contributed by atoms with Gasteiger partial charge in [-0.3, -0.25) is 14.6 Å². The van der Waals surface area contributed by atoms with Crippen LogP contribution in [0.5, 0.6) is 0 Å². The van der Waals surface area contributed by atoms with Crippen LogP contribution in [0.2, 0.25) is 0 Å². The van der Waals surface area contributed by atoms with Crippen LogP contribution in [0, 0.1) is 19.7 Å². The van der Waals surface area contributed by atoms with Crippen molar-refractivity contribution in [3.8, 4) is 11.1 Å². The van der Waals surface area contributed by atoms with Gasteiger partial charge in [0.25, 0.3) is 0 Å². The second-order valence-electron chi connectivity index (χ2n) is 6.20. The van der Waals surface area contributed by atoms with Gasteiger partial charge in [0.15, 0.2) is 0 Å². The highest BCUT2D eigenvalue weighted by Crippen LogP contribution is 2.25. The normalized spacial score (nSPS) is 11.2. The summed E-state index contributed by atoms with van der Waals surface area (Å²) in [7, 11) is 0. The van der Waals surface area contributed by atoms with Crippen molar-refractivity contribution < 1.29 is 4.39 Å². The lowest BCUT2D eigenvalue weighted by molar-refractivity contribution is 0.619. The number of aryl methyl sites for hydroxylation is 2. The maximum atomic E-state index is 13.5. The highest BCUT2D eigenvalue weighted by molar-refractivity contribution is 5.80. The second-order valence-corrected chi connectivity index (χ2v) is 6.20. The average molecular weight is 332 g/mol. The Morgan fingerprint density at radius 3 is 2.64 bits per heavy atom. The van der Waals surface area contributed by atoms with Crippen molar-refractivity contribution in [2.24, 2.45) is 0 Å². The summed E-state index contributed by atoms with van der Waals surface area (Å²) in [6, 6.07) is 9.15. The summed E-state index contributed by atoms with van der Waals surface area (Å²) < 4.78 is 15.4. The topological polar surface area (TPSA) is 43.6 Å². The molecular formula is C20H17FN4. The summed E-state index contributed by atoms with van der Waals surface area (Å²) in [5.74, 6) is -0.199. The quantitative estimate of drug-likeness (QED) is 0.562. The van der Waals surface area contributed by atoms with Crippen LogP contribution in [0.4, 0.5) is 4.39 Å². The zero-order chi connectivity index (χ0) is 17.4. The summed E-state index contributed by atoms with van der Waals surface area (Å²) in [4.78, 5) is 8.70. The molecule has 0 amide bonds. The summed E-state index contributed by atoms with van der Waals surface area (Å²) in [5.41, 5.74) is 6.59. The van der Waals surface area contributed by atoms with Crippen LogP contribution in [-0.4, -0.2) is 19.7 Å². The van der Waals surface area contributed by atoms with Gasteiger partial charge < -0.3 is 0 Å². The maximum Gasteiger partial charge on any atom is 0.126 e. The van der Waals surface area contributed by atoms with Crippen molar-refractivity contribution >= 4 is 11.0 Å². The average Bonchev–Trinajstić information content (AvgIpc) is 3.01. The van der Waals surface area contributed by atoms with Gasteiger partial charge in [0.05, 0.1) is 18.3 Å². The summed E-state index contributed by atoms with van der Waals surface area (Å²) in [6.07, 6.45) is 7.22. The third-order valence-electron chi connectivity index (χ3n) is 4.45. The van der Waals surface area contributed by atoms with Gasteiger partial charge >= 0.3 is 0 Å². The first-order valence-electron chi connectivity index (χ1n) is 8.09. The van der Waals surface area contributed by atoms with Gasteiger partial charge in [-0.2, -0.15) is 5.10 Å². The molecule has 0 atom stereocenters. The van der Waals surface area contributed by atoms with Crippen LogP contribution >= 0.6 is 0 Å². The minimum absolute atomic E-state index is 0.199. The van der Waals surface area contributed by atoms with Crippen molar-refractivity contribution in [2.75, 3.05) is 0 Å². The monoisotopic (exact) mass is 332 g/mol. The Bertz CT molecular complexity index is 1070. The first kappa shape index (κ1) is 15.4. The number of benzene rings is 1. The lowest BCUT2D eigenvalue weighted by atomic mass is 10.0. The van der Waals surface area contributed by atoms with Crippen LogP contribution in [0.3, 0.4) is 0 Å². The van der Waals surface area contributed by atoms with Crippen LogP contribution in [0.25, 0.3) is 22.2 Å². The van der Waals surface area contributed by atoms with Gasteiger partial charge in [-0.25, -0.2) is 4.39 Å². The molecular weight excluding hydrogens is 315 g/mol. The van der Waals surface area contributed by atoms with Crippen molar-refractivity contribution in [2.45, 2.75) is 20.4 Å². The van der Waals surface area contributed by atoms with E-state index in [0.29, 0.717) is 12.1 Å². The van der Waals surface area contributed by atoms with Crippen molar-refractivity contribution in [3.05, 3.63) is 77.6 Å². The van der Waals surface area contributed by atoms with Crippen molar-refractivity contribution in [1.29, 1.82) is 0 Å². The molecule has 0 saturated carbocycles. The zero-order valence-electron chi connectivity index (χ0n) is 14.1. The molecule has 4 nitrogen and oxygen atoms in total. The zero-order valence-corrected chi connectivity index (χ0v) is 14.1. The number of pyridine rings is 2. The Morgan fingerprint density at radius 1 is 0.960 bits per heavy atom. The van der Waals surface area contributed by atoms with Gasteiger partial charge in [-0.05, 0) is 60.4 Å². The predicted molar refractivity (Wildman–Crippen MR) is 95.7 cm³/mol. The third kappa shape index (κ3) is 2.89. The largest absolute Gasteiger partial charge is 0.264 e. The standard InChI is InChI=1S/C20H17FN4/c1-13-5-6-22-9-17(13)12-25-20-8-16(10-23-19(20)11-24-25)15-3-4-18(21)14(2)7-15/h3-11H,12H2,1-2H3. The van der Waals surface area contributed by atoms with Crippen molar-refractivity contribution in [1.82, 2.24) is 19.7 Å². The molecule has 0 aliphatic heterocycles. The molecule has 0 unspecified atom stereocenters. The molecule has 1 aromatic carbocycles. The third-order valence-corrected chi connectivity index (χ3v) is 4.45. The molecule has 0 aliphatic rings. The molecule has 0 bridgehead atoms. The molecule has 0 saturated heterocycles. The molecule has 0 spiro atoms. The van der Waals surface area contributed by atoms with Gasteiger partial charge in [0, 0.05) is 24.2 Å². The summed E-state index contributed by atoms with van der Waals surface area (Å²) in [6.45, 7) is 4.46. The smallest absolute Gasteiger partial charge is 0.126 e. The first-order chi connectivity index (χ1) is 12.1. The van der Waals surface area contributed by atoms with E-state index in [1.165, 1.54) is 11.6 Å². The Morgan fingerprint density at radius 2 is 1.84 bits per heavy atom. The van der Waals surface area contributed by atoms with Crippen LogP contribution in [0.15, 0.2) is 55.1 Å². The van der Waals surface area contributed by atoms with E-state index in [2.05, 4.69) is 22.0 Å². The number of fused-ring (bicyclic) bond motifs is 1. The second kappa shape index (κ2) is 6.09. The molecule has 124 valence electrons. The van der Waals surface area contributed by atoms with E-state index >= 15 is 0 Å². The van der Waals surface area contributed by atoms with E-state index < -0.39 is 0 Å². The summed E-state index contributed by atoms with van der Waals surface area (Å²) >= 11 is 0. The molecule has 0 N–H and O–H groups in total. The van der Waals surface area contributed by atoms with Crippen LogP contribution in [0.1, 0.15) is 16.7 Å². The Hall–Kier alpha value is -3.08. The van der Waals surface area contributed by atoms with Gasteiger partial charge in [0.2, 0.25) is 0 Å². The van der Waals surface area contributed by atoms with Crippen LogP contribution in [-0.2, 0) is 6.54 Å². The molecule has 4 aromatic rings. The van der Waals surface area contributed by atoms with E-state index in [-0.39, 0.29) is 5.82 Å². The maximum absolute atomic E-state index is 13.5. The molecule has 0 radical (unpaired) electrons. The lowest BCUT2D eigenvalue weighted by Crippen LogP contribution is -2.03. The fourth-order valence-electron chi connectivity index (χ4n) is 2.89. The van der Waals surface area contributed by atoms with Crippen LogP contribution < -0.4 is 0 Å². The number of rotatable bonds is 3. The highest BCUT2D eigenvalue weighted by atomic mass is 19.1. The molecule has 4 rings (SSSR count). The minimum Gasteiger partial charge on any atom is -0.264 e. The number of halogens is 1. The molecule has 3 aromatic heterocycles. The Balaban J connectivity index is 1.77. The first-order valence-corrected chi connectivity index (χ1v) is 8.09. The van der Waals surface area contributed by atoms with Gasteiger partial charge in [-0.1, -0.05) is 6.07 Å². The lowest BCUT2D eigenvalue weighted by Gasteiger charge is -2.08. The fraction of sp³-hybridized carbons (Fsp3) is 0.150. The highest BCUT2D eigenvalue weighted by Gasteiger charge is 2.09. The van der Waals surface area contributed by atoms with Gasteiger partial charge in [-0.15, -0.1) is 0 Å². The van der Waals surface area contributed by atoms with E-state index in [9.17, 15) is 4.39 Å². The minimum atomic E-state index is -0.199. The molecule has 0 fully saturated rings. The SMILES string of the molecule is Cc1cc(-c2cnc3cnn(Cc4cnccc4C)c3c2)ccc1F. The number of nitrogens with zero attached hydrogens (tertiary/aromatic N) is 4. The molecule has 5 heteroatoms. The molecule has 25 heavy (non-hydrogen) atoms. The number of hydrogen-bond donors (Lipinski definition) is 0.